The van der Waals surface area contributed by atoms with E-state index in [0.29, 0.717) is 0 Å². The van der Waals surface area contributed by atoms with Gasteiger partial charge in [0.15, 0.2) is 0 Å². The fourth-order valence-electron chi connectivity index (χ4n) is 3.81. The number of allylic oxidation sites excluding steroid dienone is 4. The molecule has 0 unspecified atom stereocenters. The molecule has 0 saturated heterocycles. The van der Waals surface area contributed by atoms with Crippen molar-refractivity contribution in [3.05, 3.63) is 78.9 Å². The third-order valence-electron chi connectivity index (χ3n) is 5.21. The minimum absolute atomic E-state index is 0.795. The summed E-state index contributed by atoms with van der Waals surface area (Å²) < 4.78 is 0. The number of nitrogens with zero attached hydrogens (tertiary/aromatic N) is 4. The van der Waals surface area contributed by atoms with Crippen LogP contribution in [0.2, 0.25) is 0 Å². The molecule has 0 aromatic carbocycles. The van der Waals surface area contributed by atoms with Crippen LogP contribution in [0.1, 0.15) is 12.1 Å². The molecule has 2 N–H and O–H groups in total. The molecule has 5 heterocycles. The predicted molar refractivity (Wildman–Crippen MR) is 114 cm³/mol. The van der Waals surface area contributed by atoms with E-state index in [1.807, 2.05) is 42.7 Å². The molecular weight excluding hydrogens is 360 g/mol. The average Bonchev–Trinajstić information content (AvgIpc) is 3.52. The van der Waals surface area contributed by atoms with Gasteiger partial charge < -0.3 is 4.98 Å². The van der Waals surface area contributed by atoms with E-state index in [-0.39, 0.29) is 0 Å². The van der Waals surface area contributed by atoms with Gasteiger partial charge in [0.05, 0.1) is 22.6 Å². The molecule has 5 aromatic heterocycles. The molecular formula is C23H16N6. The topological polar surface area (TPSA) is 83.1 Å². The number of aromatic amines is 2. The van der Waals surface area contributed by atoms with Gasteiger partial charge in [-0.2, -0.15) is 5.10 Å². The van der Waals surface area contributed by atoms with Crippen LogP contribution in [0.4, 0.5) is 0 Å². The second-order valence-electron chi connectivity index (χ2n) is 7.01. The molecule has 0 bridgehead atoms. The normalized spacial score (nSPS) is 13.4. The molecule has 0 aliphatic heterocycles. The van der Waals surface area contributed by atoms with E-state index in [1.165, 1.54) is 0 Å². The molecule has 1 aliphatic carbocycles. The first-order valence-corrected chi connectivity index (χ1v) is 9.47. The maximum Gasteiger partial charge on any atom is 0.135 e. The highest BCUT2D eigenvalue weighted by atomic mass is 15.1. The number of hydrogen-bond donors (Lipinski definition) is 2. The second kappa shape index (κ2) is 6.24. The van der Waals surface area contributed by atoms with Crippen molar-refractivity contribution in [3.63, 3.8) is 0 Å². The molecule has 0 amide bonds. The Kier molecular flexibility index (Phi) is 3.43. The van der Waals surface area contributed by atoms with Crippen molar-refractivity contribution < 1.29 is 0 Å². The van der Waals surface area contributed by atoms with E-state index in [2.05, 4.69) is 49.4 Å². The standard InChI is InChI=1S/C23H16N6/c1-2-5-14(4-1)21-16-12-20(26-18(16)9-11-25-21)23-22-19(28-29-23)8-7-17(27-22)15-6-3-10-24-13-15/h1,3-13,26H,2H2,(H,28,29). The summed E-state index contributed by atoms with van der Waals surface area (Å²) in [5.41, 5.74) is 8.46. The molecule has 5 aromatic rings. The molecule has 6 nitrogen and oxygen atoms in total. The number of fused-ring (bicyclic) bond motifs is 2. The first kappa shape index (κ1) is 15.9. The Morgan fingerprint density at radius 3 is 2.83 bits per heavy atom. The number of aromatic nitrogens is 6. The molecule has 29 heavy (non-hydrogen) atoms. The third kappa shape index (κ3) is 2.57. The number of rotatable bonds is 3. The third-order valence-corrected chi connectivity index (χ3v) is 5.21. The zero-order chi connectivity index (χ0) is 19.2. The minimum atomic E-state index is 0.795. The summed E-state index contributed by atoms with van der Waals surface area (Å²) in [6.07, 6.45) is 12.8. The van der Waals surface area contributed by atoms with Gasteiger partial charge in [0.2, 0.25) is 0 Å². The van der Waals surface area contributed by atoms with Gasteiger partial charge in [-0.05, 0) is 48.4 Å². The van der Waals surface area contributed by atoms with Gasteiger partial charge in [0.25, 0.3) is 0 Å². The van der Waals surface area contributed by atoms with Gasteiger partial charge in [-0.15, -0.1) is 0 Å². The van der Waals surface area contributed by atoms with Crippen molar-refractivity contribution in [1.29, 1.82) is 0 Å². The van der Waals surface area contributed by atoms with Crippen molar-refractivity contribution >= 4 is 27.5 Å². The van der Waals surface area contributed by atoms with E-state index in [0.717, 1.165) is 62.3 Å². The van der Waals surface area contributed by atoms with Crippen LogP contribution >= 0.6 is 0 Å². The highest BCUT2D eigenvalue weighted by Crippen LogP contribution is 2.32. The Morgan fingerprint density at radius 1 is 0.966 bits per heavy atom. The van der Waals surface area contributed by atoms with Gasteiger partial charge in [-0.3, -0.25) is 15.1 Å². The van der Waals surface area contributed by atoms with Gasteiger partial charge in [0, 0.05) is 35.1 Å². The number of pyridine rings is 3. The van der Waals surface area contributed by atoms with Crippen LogP contribution < -0.4 is 0 Å². The molecule has 0 fully saturated rings. The summed E-state index contributed by atoms with van der Waals surface area (Å²) >= 11 is 0. The maximum atomic E-state index is 4.86. The van der Waals surface area contributed by atoms with Gasteiger partial charge >= 0.3 is 0 Å². The molecule has 6 heteroatoms. The SMILES string of the molecule is C1=CC(c2nccc3[nH]c(-c4n[nH]c5ccc(-c6cccnc6)nc45)cc23)=CC1. The van der Waals surface area contributed by atoms with E-state index in [4.69, 9.17) is 4.98 Å². The van der Waals surface area contributed by atoms with Crippen LogP contribution in [-0.2, 0) is 0 Å². The maximum absolute atomic E-state index is 4.86. The van der Waals surface area contributed by atoms with Gasteiger partial charge in [0.1, 0.15) is 11.2 Å². The fourth-order valence-corrected chi connectivity index (χ4v) is 3.81. The first-order valence-electron chi connectivity index (χ1n) is 9.47. The van der Waals surface area contributed by atoms with Gasteiger partial charge in [-0.1, -0.05) is 18.2 Å². The average molecular weight is 376 g/mol. The quantitative estimate of drug-likeness (QED) is 0.469. The van der Waals surface area contributed by atoms with E-state index in [9.17, 15) is 0 Å². The predicted octanol–water partition coefficient (Wildman–Crippen LogP) is 4.91. The lowest BCUT2D eigenvalue weighted by Gasteiger charge is -2.00. The fraction of sp³-hybridized carbons (Fsp3) is 0.0435. The number of H-pyrrole nitrogens is 2. The van der Waals surface area contributed by atoms with Crippen molar-refractivity contribution in [2.24, 2.45) is 0 Å². The summed E-state index contributed by atoms with van der Waals surface area (Å²) in [5, 5.41) is 8.72. The Labute approximate surface area is 166 Å². The minimum Gasteiger partial charge on any atom is -0.353 e. The Morgan fingerprint density at radius 2 is 1.97 bits per heavy atom. The van der Waals surface area contributed by atoms with Crippen molar-refractivity contribution in [2.75, 3.05) is 0 Å². The highest BCUT2D eigenvalue weighted by molar-refractivity contribution is 5.99. The highest BCUT2D eigenvalue weighted by Gasteiger charge is 2.16. The largest absolute Gasteiger partial charge is 0.353 e. The van der Waals surface area contributed by atoms with E-state index < -0.39 is 0 Å². The van der Waals surface area contributed by atoms with Crippen LogP contribution in [-0.4, -0.2) is 30.1 Å². The van der Waals surface area contributed by atoms with Crippen molar-refractivity contribution in [3.8, 4) is 22.6 Å². The summed E-state index contributed by atoms with van der Waals surface area (Å²) in [6.45, 7) is 0. The smallest absolute Gasteiger partial charge is 0.135 e. The Hall–Kier alpha value is -4.06. The lowest BCUT2D eigenvalue weighted by atomic mass is 10.1. The summed E-state index contributed by atoms with van der Waals surface area (Å²) in [4.78, 5) is 17.2. The molecule has 1 aliphatic rings. The molecule has 6 rings (SSSR count). The summed E-state index contributed by atoms with van der Waals surface area (Å²) in [6, 6.07) is 12.0. The number of hydrogen-bond acceptors (Lipinski definition) is 4. The molecule has 0 saturated carbocycles. The number of nitrogens with one attached hydrogen (secondary N) is 2. The monoisotopic (exact) mass is 376 g/mol. The van der Waals surface area contributed by atoms with E-state index in [1.54, 1.807) is 6.20 Å². The molecule has 0 spiro atoms. The van der Waals surface area contributed by atoms with Crippen LogP contribution in [0.3, 0.4) is 0 Å². The summed E-state index contributed by atoms with van der Waals surface area (Å²) in [5.74, 6) is 0. The zero-order valence-electron chi connectivity index (χ0n) is 15.4. The van der Waals surface area contributed by atoms with Crippen LogP contribution in [0.25, 0.3) is 50.2 Å². The Balaban J connectivity index is 1.52. The van der Waals surface area contributed by atoms with Crippen LogP contribution in [0.15, 0.2) is 73.2 Å². The molecule has 138 valence electrons. The molecule has 0 atom stereocenters. The lowest BCUT2D eigenvalue weighted by Crippen LogP contribution is -1.86. The Bertz CT molecular complexity index is 1420. The summed E-state index contributed by atoms with van der Waals surface area (Å²) in [7, 11) is 0. The lowest BCUT2D eigenvalue weighted by molar-refractivity contribution is 1.12. The second-order valence-corrected chi connectivity index (χ2v) is 7.01. The van der Waals surface area contributed by atoms with Crippen LogP contribution in [0.5, 0.6) is 0 Å². The zero-order valence-corrected chi connectivity index (χ0v) is 15.4. The van der Waals surface area contributed by atoms with E-state index >= 15 is 0 Å². The van der Waals surface area contributed by atoms with Crippen molar-refractivity contribution in [2.45, 2.75) is 6.42 Å². The molecule has 0 radical (unpaired) electrons. The van der Waals surface area contributed by atoms with Gasteiger partial charge in [-0.25, -0.2) is 4.98 Å². The first-order chi connectivity index (χ1) is 14.4. The van der Waals surface area contributed by atoms with Crippen LogP contribution in [0, 0.1) is 0 Å². The van der Waals surface area contributed by atoms with Crippen molar-refractivity contribution in [1.82, 2.24) is 30.1 Å².